The highest BCUT2D eigenvalue weighted by Crippen LogP contribution is 2.22. The minimum atomic E-state index is 0.775. The fourth-order valence-corrected chi connectivity index (χ4v) is 1.89. The lowest BCUT2D eigenvalue weighted by atomic mass is 10.1. The van der Waals surface area contributed by atoms with Crippen molar-refractivity contribution in [2.24, 2.45) is 0 Å². The van der Waals surface area contributed by atoms with Gasteiger partial charge in [0.1, 0.15) is 5.82 Å². The number of nitrogens with zero attached hydrogens (tertiary/aromatic N) is 1. The van der Waals surface area contributed by atoms with Gasteiger partial charge in [-0.2, -0.15) is 0 Å². The summed E-state index contributed by atoms with van der Waals surface area (Å²) in [6.07, 6.45) is 0.987. The molecule has 0 aliphatic heterocycles. The van der Waals surface area contributed by atoms with E-state index in [0.29, 0.717) is 0 Å². The zero-order chi connectivity index (χ0) is 12.1. The van der Waals surface area contributed by atoms with Crippen molar-refractivity contribution < 1.29 is 4.74 Å². The van der Waals surface area contributed by atoms with Gasteiger partial charge in [0, 0.05) is 31.3 Å². The predicted molar refractivity (Wildman–Crippen MR) is 71.5 cm³/mol. The Morgan fingerprint density at radius 3 is 2.94 bits per heavy atom. The molecule has 3 nitrogen and oxygen atoms in total. The molecule has 0 aliphatic carbocycles. The van der Waals surface area contributed by atoms with E-state index in [4.69, 9.17) is 4.74 Å². The van der Waals surface area contributed by atoms with Gasteiger partial charge in [-0.15, -0.1) is 0 Å². The molecule has 0 radical (unpaired) electrons. The molecule has 0 bridgehead atoms. The Kier molecular flexibility index (Phi) is 3.94. The van der Waals surface area contributed by atoms with Crippen molar-refractivity contribution >= 4 is 16.6 Å². The molecule has 0 atom stereocenters. The second-order valence-electron chi connectivity index (χ2n) is 4.11. The quantitative estimate of drug-likeness (QED) is 0.802. The molecule has 17 heavy (non-hydrogen) atoms. The van der Waals surface area contributed by atoms with Crippen LogP contribution in [0.25, 0.3) is 10.8 Å². The van der Waals surface area contributed by atoms with Gasteiger partial charge in [-0.25, -0.2) is 4.98 Å². The van der Waals surface area contributed by atoms with Crippen molar-refractivity contribution in [1.82, 2.24) is 4.98 Å². The summed E-state index contributed by atoms with van der Waals surface area (Å²) in [6.45, 7) is 3.68. The van der Waals surface area contributed by atoms with Crippen LogP contribution >= 0.6 is 0 Å². The van der Waals surface area contributed by atoms with Gasteiger partial charge in [0.05, 0.1) is 0 Å². The van der Waals surface area contributed by atoms with Gasteiger partial charge in [-0.05, 0) is 24.8 Å². The van der Waals surface area contributed by atoms with Crippen molar-refractivity contribution in [3.8, 4) is 0 Å². The fourth-order valence-electron chi connectivity index (χ4n) is 1.89. The van der Waals surface area contributed by atoms with Crippen molar-refractivity contribution in [3.63, 3.8) is 0 Å². The summed E-state index contributed by atoms with van der Waals surface area (Å²) in [5, 5.41) is 5.78. The van der Waals surface area contributed by atoms with Crippen LogP contribution in [-0.4, -0.2) is 25.2 Å². The average molecular weight is 230 g/mol. The number of rotatable bonds is 5. The van der Waals surface area contributed by atoms with Crippen LogP contribution in [0.15, 0.2) is 30.3 Å². The van der Waals surface area contributed by atoms with Crippen LogP contribution in [0.2, 0.25) is 0 Å². The lowest BCUT2D eigenvalue weighted by molar-refractivity contribution is 0.198. The van der Waals surface area contributed by atoms with Crippen LogP contribution in [0.4, 0.5) is 5.82 Å². The monoisotopic (exact) mass is 230 g/mol. The number of fused-ring (bicyclic) bond motifs is 1. The molecule has 1 aromatic carbocycles. The molecule has 2 rings (SSSR count). The highest BCUT2D eigenvalue weighted by atomic mass is 16.5. The summed E-state index contributed by atoms with van der Waals surface area (Å²) in [7, 11) is 1.72. The first-order chi connectivity index (χ1) is 8.31. The molecule has 3 heteroatoms. The van der Waals surface area contributed by atoms with E-state index in [1.165, 1.54) is 10.8 Å². The van der Waals surface area contributed by atoms with E-state index in [-0.39, 0.29) is 0 Å². The molecule has 0 saturated carbocycles. The van der Waals surface area contributed by atoms with Crippen molar-refractivity contribution in [1.29, 1.82) is 0 Å². The maximum Gasteiger partial charge on any atom is 0.134 e. The van der Waals surface area contributed by atoms with E-state index in [2.05, 4.69) is 34.6 Å². The normalized spacial score (nSPS) is 10.7. The summed E-state index contributed by atoms with van der Waals surface area (Å²) < 4.78 is 5.03. The summed E-state index contributed by atoms with van der Waals surface area (Å²) in [4.78, 5) is 4.55. The Balaban J connectivity index is 2.20. The molecular formula is C14H18N2O. The number of aryl methyl sites for hydroxylation is 1. The number of methoxy groups -OCH3 is 1. The zero-order valence-corrected chi connectivity index (χ0v) is 10.4. The van der Waals surface area contributed by atoms with Crippen molar-refractivity contribution in [3.05, 3.63) is 36.0 Å². The molecule has 90 valence electrons. The third-order valence-electron chi connectivity index (χ3n) is 2.69. The minimum Gasteiger partial charge on any atom is -0.385 e. The lowest BCUT2D eigenvalue weighted by Gasteiger charge is -2.09. The number of hydrogen-bond donors (Lipinski definition) is 1. The molecular weight excluding hydrogens is 212 g/mol. The van der Waals surface area contributed by atoms with E-state index in [1.54, 1.807) is 7.11 Å². The Labute approximate surface area is 102 Å². The molecule has 1 aromatic heterocycles. The van der Waals surface area contributed by atoms with E-state index in [1.807, 2.05) is 13.0 Å². The average Bonchev–Trinajstić information content (AvgIpc) is 2.34. The van der Waals surface area contributed by atoms with E-state index in [0.717, 1.165) is 31.1 Å². The topological polar surface area (TPSA) is 34.1 Å². The van der Waals surface area contributed by atoms with Gasteiger partial charge in [0.15, 0.2) is 0 Å². The van der Waals surface area contributed by atoms with E-state index >= 15 is 0 Å². The Morgan fingerprint density at radius 1 is 1.29 bits per heavy atom. The fraction of sp³-hybridized carbons (Fsp3) is 0.357. The van der Waals surface area contributed by atoms with Gasteiger partial charge < -0.3 is 10.1 Å². The first-order valence-corrected chi connectivity index (χ1v) is 5.90. The summed E-state index contributed by atoms with van der Waals surface area (Å²) >= 11 is 0. The third-order valence-corrected chi connectivity index (χ3v) is 2.69. The molecule has 0 aliphatic rings. The maximum atomic E-state index is 5.03. The molecule has 0 unspecified atom stereocenters. The maximum absolute atomic E-state index is 5.03. The highest BCUT2D eigenvalue weighted by molar-refractivity contribution is 5.92. The number of hydrogen-bond acceptors (Lipinski definition) is 3. The Hall–Kier alpha value is -1.61. The molecule has 0 spiro atoms. The van der Waals surface area contributed by atoms with Crippen LogP contribution < -0.4 is 5.32 Å². The van der Waals surface area contributed by atoms with Gasteiger partial charge in [0.2, 0.25) is 0 Å². The largest absolute Gasteiger partial charge is 0.385 e. The number of benzene rings is 1. The number of anilines is 1. The van der Waals surface area contributed by atoms with Gasteiger partial charge >= 0.3 is 0 Å². The minimum absolute atomic E-state index is 0.775. The SMILES string of the molecule is COCCCNc1nc(C)cc2ccccc12. The van der Waals surface area contributed by atoms with Gasteiger partial charge in [0.25, 0.3) is 0 Å². The number of pyridine rings is 1. The van der Waals surface area contributed by atoms with Crippen LogP contribution in [0.1, 0.15) is 12.1 Å². The Morgan fingerprint density at radius 2 is 2.12 bits per heavy atom. The molecule has 2 aromatic rings. The highest BCUT2D eigenvalue weighted by Gasteiger charge is 2.02. The molecule has 1 heterocycles. The Bertz CT molecular complexity index is 497. The lowest BCUT2D eigenvalue weighted by Crippen LogP contribution is -2.07. The second-order valence-corrected chi connectivity index (χ2v) is 4.11. The van der Waals surface area contributed by atoms with Crippen LogP contribution in [-0.2, 0) is 4.74 Å². The van der Waals surface area contributed by atoms with Crippen molar-refractivity contribution in [2.45, 2.75) is 13.3 Å². The number of aromatic nitrogens is 1. The van der Waals surface area contributed by atoms with E-state index in [9.17, 15) is 0 Å². The predicted octanol–water partition coefficient (Wildman–Crippen LogP) is 2.99. The third kappa shape index (κ3) is 2.94. The molecule has 1 N–H and O–H groups in total. The van der Waals surface area contributed by atoms with Crippen LogP contribution in [0, 0.1) is 6.92 Å². The molecule has 0 amide bonds. The first kappa shape index (κ1) is 11.9. The molecule has 0 saturated heterocycles. The molecule has 0 fully saturated rings. The zero-order valence-electron chi connectivity index (χ0n) is 10.4. The smallest absolute Gasteiger partial charge is 0.134 e. The number of nitrogens with one attached hydrogen (secondary N) is 1. The van der Waals surface area contributed by atoms with Crippen LogP contribution in [0.3, 0.4) is 0 Å². The number of ether oxygens (including phenoxy) is 1. The van der Waals surface area contributed by atoms with E-state index < -0.39 is 0 Å². The second kappa shape index (κ2) is 5.64. The summed E-state index contributed by atoms with van der Waals surface area (Å²) in [5.41, 5.74) is 1.04. The van der Waals surface area contributed by atoms with Crippen molar-refractivity contribution in [2.75, 3.05) is 25.6 Å². The van der Waals surface area contributed by atoms with Gasteiger partial charge in [-0.1, -0.05) is 24.3 Å². The summed E-state index contributed by atoms with van der Waals surface area (Å²) in [6, 6.07) is 10.4. The summed E-state index contributed by atoms with van der Waals surface area (Å²) in [5.74, 6) is 0.969. The van der Waals surface area contributed by atoms with Crippen LogP contribution in [0.5, 0.6) is 0 Å². The first-order valence-electron chi connectivity index (χ1n) is 5.90. The standard InChI is InChI=1S/C14H18N2O/c1-11-10-12-6-3-4-7-13(12)14(16-11)15-8-5-9-17-2/h3-4,6-7,10H,5,8-9H2,1-2H3,(H,15,16). The van der Waals surface area contributed by atoms with Gasteiger partial charge in [-0.3, -0.25) is 0 Å².